The second kappa shape index (κ2) is 9.29. The number of rotatable bonds is 7. The molecule has 0 atom stereocenters. The van der Waals surface area contributed by atoms with E-state index in [1.165, 1.54) is 33.1 Å². The first-order valence-corrected chi connectivity index (χ1v) is 10.4. The molecule has 11 heteroatoms. The third kappa shape index (κ3) is 5.10. The first kappa shape index (κ1) is 22.5. The van der Waals surface area contributed by atoms with E-state index in [1.807, 2.05) is 0 Å². The predicted molar refractivity (Wildman–Crippen MR) is 110 cm³/mol. The van der Waals surface area contributed by atoms with Gasteiger partial charge >= 0.3 is 6.18 Å². The van der Waals surface area contributed by atoms with E-state index in [4.69, 9.17) is 0 Å². The first-order valence-electron chi connectivity index (χ1n) is 9.49. The van der Waals surface area contributed by atoms with Crippen LogP contribution in [0.1, 0.15) is 30.0 Å². The molecule has 2 aromatic heterocycles. The molecule has 0 bridgehead atoms. The zero-order chi connectivity index (χ0) is 22.6. The quantitative estimate of drug-likeness (QED) is 0.595. The summed E-state index contributed by atoms with van der Waals surface area (Å²) in [5, 5.41) is 8.61. The maximum atomic E-state index is 13.2. The molecule has 0 saturated heterocycles. The molecule has 0 aliphatic carbocycles. The number of alkyl halides is 3. The topological polar surface area (TPSA) is 80.1 Å². The van der Waals surface area contributed by atoms with Gasteiger partial charge in [-0.15, -0.1) is 16.4 Å². The number of carbonyl (C=O) groups is 2. The summed E-state index contributed by atoms with van der Waals surface area (Å²) < 4.78 is 40.8. The maximum absolute atomic E-state index is 13.2. The van der Waals surface area contributed by atoms with Gasteiger partial charge in [0.1, 0.15) is 0 Å². The molecule has 1 N–H and O–H groups in total. The number of thiophene rings is 1. The number of carbonyl (C=O) groups excluding carboxylic acids is 2. The number of benzene rings is 1. The van der Waals surface area contributed by atoms with Gasteiger partial charge in [0.15, 0.2) is 5.82 Å². The van der Waals surface area contributed by atoms with E-state index in [1.54, 1.807) is 31.4 Å². The maximum Gasteiger partial charge on any atom is 0.416 e. The molecular weight excluding hydrogens is 431 g/mol. The highest BCUT2D eigenvalue weighted by Gasteiger charge is 2.31. The van der Waals surface area contributed by atoms with E-state index in [9.17, 15) is 22.8 Å². The molecule has 0 spiro atoms. The van der Waals surface area contributed by atoms with Crippen LogP contribution in [0.25, 0.3) is 16.4 Å². The van der Waals surface area contributed by atoms with Gasteiger partial charge in [-0.25, -0.2) is 9.67 Å². The summed E-state index contributed by atoms with van der Waals surface area (Å²) in [5.41, 5.74) is -0.714. The Bertz CT molecular complexity index is 1060. The fourth-order valence-corrected chi connectivity index (χ4v) is 3.56. The van der Waals surface area contributed by atoms with E-state index in [0.717, 1.165) is 12.1 Å². The second-order valence-electron chi connectivity index (χ2n) is 6.47. The fraction of sp³-hybridized carbons (Fsp3) is 0.300. The van der Waals surface area contributed by atoms with Crippen molar-refractivity contribution in [2.75, 3.05) is 19.6 Å². The van der Waals surface area contributed by atoms with Crippen molar-refractivity contribution in [2.45, 2.75) is 20.0 Å². The fourth-order valence-electron chi connectivity index (χ4n) is 2.86. The number of halogens is 3. The van der Waals surface area contributed by atoms with E-state index < -0.39 is 17.6 Å². The number of likely N-dealkylation sites (N-methyl/N-ethyl adjacent to an activating group) is 2. The van der Waals surface area contributed by atoms with Crippen LogP contribution in [0, 0.1) is 0 Å². The normalized spacial score (nSPS) is 11.4. The van der Waals surface area contributed by atoms with E-state index in [-0.39, 0.29) is 36.3 Å². The Balaban J connectivity index is 2.03. The van der Waals surface area contributed by atoms with Crippen LogP contribution < -0.4 is 5.32 Å². The lowest BCUT2D eigenvalue weighted by Crippen LogP contribution is -2.41. The van der Waals surface area contributed by atoms with E-state index in [0.29, 0.717) is 11.4 Å². The molecule has 7 nitrogen and oxygen atoms in total. The summed E-state index contributed by atoms with van der Waals surface area (Å²) >= 11 is 1.32. The van der Waals surface area contributed by atoms with Gasteiger partial charge < -0.3 is 10.2 Å². The SMILES string of the molecule is CCNC(=O)CN(CC)C(=O)c1nc(-c2cccs2)n(-c2cccc(C(F)(F)F)c2)n1. The largest absolute Gasteiger partial charge is 0.416 e. The Hall–Kier alpha value is -3.21. The predicted octanol–water partition coefficient (Wildman–Crippen LogP) is 3.61. The van der Waals surface area contributed by atoms with Crippen molar-refractivity contribution in [3.63, 3.8) is 0 Å². The van der Waals surface area contributed by atoms with Crippen molar-refractivity contribution in [3.8, 4) is 16.4 Å². The van der Waals surface area contributed by atoms with Crippen molar-refractivity contribution in [1.29, 1.82) is 0 Å². The second-order valence-corrected chi connectivity index (χ2v) is 7.42. The van der Waals surface area contributed by atoms with Gasteiger partial charge in [0.05, 0.1) is 22.7 Å². The van der Waals surface area contributed by atoms with Gasteiger partial charge in [0, 0.05) is 13.1 Å². The van der Waals surface area contributed by atoms with Gasteiger partial charge in [-0.05, 0) is 43.5 Å². The van der Waals surface area contributed by atoms with Crippen LogP contribution in [-0.4, -0.2) is 51.1 Å². The van der Waals surface area contributed by atoms with E-state index >= 15 is 0 Å². The zero-order valence-corrected chi connectivity index (χ0v) is 17.6. The summed E-state index contributed by atoms with van der Waals surface area (Å²) in [7, 11) is 0. The lowest BCUT2D eigenvalue weighted by Gasteiger charge is -2.18. The van der Waals surface area contributed by atoms with Crippen LogP contribution >= 0.6 is 11.3 Å². The average Bonchev–Trinajstić information content (AvgIpc) is 3.41. The first-order chi connectivity index (χ1) is 14.7. The zero-order valence-electron chi connectivity index (χ0n) is 16.8. The lowest BCUT2D eigenvalue weighted by atomic mass is 10.2. The lowest BCUT2D eigenvalue weighted by molar-refractivity contribution is -0.137. The number of aromatic nitrogens is 3. The van der Waals surface area contributed by atoms with Crippen molar-refractivity contribution in [2.24, 2.45) is 0 Å². The van der Waals surface area contributed by atoms with Crippen LogP contribution in [0.5, 0.6) is 0 Å². The van der Waals surface area contributed by atoms with Gasteiger partial charge in [-0.1, -0.05) is 12.1 Å². The molecule has 164 valence electrons. The molecule has 3 aromatic rings. The van der Waals surface area contributed by atoms with Crippen molar-refractivity contribution >= 4 is 23.2 Å². The number of nitrogens with zero attached hydrogens (tertiary/aromatic N) is 4. The molecular formula is C20H20F3N5O2S. The molecule has 2 heterocycles. The highest BCUT2D eigenvalue weighted by atomic mass is 32.1. The Morgan fingerprint density at radius 1 is 1.19 bits per heavy atom. The molecule has 0 saturated carbocycles. The molecule has 0 radical (unpaired) electrons. The van der Waals surface area contributed by atoms with Gasteiger partial charge in [-0.3, -0.25) is 9.59 Å². The van der Waals surface area contributed by atoms with Crippen molar-refractivity contribution in [3.05, 3.63) is 53.2 Å². The van der Waals surface area contributed by atoms with Crippen LogP contribution in [0.3, 0.4) is 0 Å². The number of nitrogens with one attached hydrogen (secondary N) is 1. The summed E-state index contributed by atoms with van der Waals surface area (Å²) in [4.78, 5) is 31.1. The Labute approximate surface area is 180 Å². The molecule has 0 fully saturated rings. The molecule has 2 amide bonds. The monoisotopic (exact) mass is 451 g/mol. The van der Waals surface area contributed by atoms with Gasteiger partial charge in [-0.2, -0.15) is 13.2 Å². The Morgan fingerprint density at radius 2 is 1.97 bits per heavy atom. The van der Waals surface area contributed by atoms with Crippen molar-refractivity contribution in [1.82, 2.24) is 25.0 Å². The Kier molecular flexibility index (Phi) is 6.74. The summed E-state index contributed by atoms with van der Waals surface area (Å²) in [6.07, 6.45) is -4.52. The van der Waals surface area contributed by atoms with Crippen LogP contribution in [-0.2, 0) is 11.0 Å². The molecule has 31 heavy (non-hydrogen) atoms. The third-order valence-corrected chi connectivity index (χ3v) is 5.20. The molecule has 0 unspecified atom stereocenters. The van der Waals surface area contributed by atoms with E-state index in [2.05, 4.69) is 15.4 Å². The van der Waals surface area contributed by atoms with Crippen LogP contribution in [0.15, 0.2) is 41.8 Å². The highest BCUT2D eigenvalue weighted by Crippen LogP contribution is 2.32. The number of amides is 2. The Morgan fingerprint density at radius 3 is 2.58 bits per heavy atom. The average molecular weight is 451 g/mol. The summed E-state index contributed by atoms with van der Waals surface area (Å²) in [6.45, 7) is 3.97. The minimum Gasteiger partial charge on any atom is -0.355 e. The molecule has 0 aliphatic heterocycles. The van der Waals surface area contributed by atoms with Gasteiger partial charge in [0.2, 0.25) is 11.7 Å². The number of hydrogen-bond donors (Lipinski definition) is 1. The van der Waals surface area contributed by atoms with Crippen molar-refractivity contribution < 1.29 is 22.8 Å². The molecule has 0 aliphatic rings. The van der Waals surface area contributed by atoms with Crippen LogP contribution in [0.4, 0.5) is 13.2 Å². The molecule has 3 rings (SSSR count). The number of hydrogen-bond acceptors (Lipinski definition) is 5. The smallest absolute Gasteiger partial charge is 0.355 e. The summed E-state index contributed by atoms with van der Waals surface area (Å²) in [6, 6.07) is 8.14. The summed E-state index contributed by atoms with van der Waals surface area (Å²) in [5.74, 6) is -0.871. The third-order valence-electron chi connectivity index (χ3n) is 4.34. The minimum absolute atomic E-state index is 0.122. The van der Waals surface area contributed by atoms with Crippen LogP contribution in [0.2, 0.25) is 0 Å². The standard InChI is InChI=1S/C20H20F3N5O2S/c1-3-24-16(29)12-27(4-2)19(30)17-25-18(15-9-6-10-31-15)28(26-17)14-8-5-7-13(11-14)20(21,22)23/h5-11H,3-4,12H2,1-2H3,(H,24,29). The van der Waals surface area contributed by atoms with Gasteiger partial charge in [0.25, 0.3) is 5.91 Å². The minimum atomic E-state index is -4.52. The molecule has 1 aromatic carbocycles. The highest BCUT2D eigenvalue weighted by molar-refractivity contribution is 7.13.